The molecule has 1 aliphatic carbocycles. The summed E-state index contributed by atoms with van der Waals surface area (Å²) in [5, 5.41) is 15.9. The molecule has 0 spiro atoms. The van der Waals surface area contributed by atoms with Crippen molar-refractivity contribution in [3.8, 4) is 0 Å². The fourth-order valence-corrected chi connectivity index (χ4v) is 5.99. The van der Waals surface area contributed by atoms with E-state index in [0.717, 1.165) is 36.9 Å². The topological polar surface area (TPSA) is 117 Å². The normalized spacial score (nSPS) is 18.7. The van der Waals surface area contributed by atoms with Crippen LogP contribution in [-0.2, 0) is 29.5 Å². The van der Waals surface area contributed by atoms with E-state index < -0.39 is 23.5 Å². The summed E-state index contributed by atoms with van der Waals surface area (Å²) in [6, 6.07) is 8.50. The predicted octanol–water partition coefficient (Wildman–Crippen LogP) is 3.15. The van der Waals surface area contributed by atoms with Gasteiger partial charge in [-0.05, 0) is 37.2 Å². The first-order valence-corrected chi connectivity index (χ1v) is 13.4. The summed E-state index contributed by atoms with van der Waals surface area (Å²) in [6.45, 7) is 1.22. The van der Waals surface area contributed by atoms with Crippen molar-refractivity contribution < 1.29 is 19.5 Å². The smallest absolute Gasteiger partial charge is 0.315 e. The number of aliphatic carboxylic acids is 1. The fraction of sp³-hybridized carbons (Fsp3) is 0.571. The monoisotopic (exact) mass is 509 g/mol. The van der Waals surface area contributed by atoms with E-state index in [1.54, 1.807) is 17.4 Å². The summed E-state index contributed by atoms with van der Waals surface area (Å²) in [5.74, 6) is -0.703. The first-order valence-electron chi connectivity index (χ1n) is 13.4. The van der Waals surface area contributed by atoms with Crippen LogP contribution in [0.3, 0.4) is 0 Å². The molecule has 3 amide bonds. The zero-order chi connectivity index (χ0) is 26.3. The molecule has 2 aromatic rings. The van der Waals surface area contributed by atoms with Crippen molar-refractivity contribution in [2.24, 2.45) is 18.4 Å². The minimum atomic E-state index is -0.747. The van der Waals surface area contributed by atoms with Crippen LogP contribution in [0.5, 0.6) is 0 Å². The standard InChI is InChI=1S/C28H39N5O4/c1-32-20-29-19-23(32)12-15-30-27(37)31-24(18-21-8-4-2-5-9-21)25(34)33-16-13-28(14-17-33,26(35)36)22-10-6-3-7-11-22/h2,4-5,8-9,19-20,22,24H,3,6-7,10-18H2,1H3,(H,35,36)(H2,30,31,37)/t24-/m1/s1. The van der Waals surface area contributed by atoms with Gasteiger partial charge in [0.1, 0.15) is 6.04 Å². The van der Waals surface area contributed by atoms with Crippen LogP contribution in [0.25, 0.3) is 0 Å². The molecule has 2 fully saturated rings. The number of amides is 3. The number of carbonyl (C=O) groups is 3. The highest BCUT2D eigenvalue weighted by Gasteiger charge is 2.48. The Balaban J connectivity index is 1.39. The van der Waals surface area contributed by atoms with Gasteiger partial charge in [-0.2, -0.15) is 0 Å². The SMILES string of the molecule is Cn1cncc1CCNC(=O)N[C@H](Cc1ccccc1)C(=O)N1CCC(C(=O)O)(C2CCCCC2)CC1. The molecule has 0 radical (unpaired) electrons. The molecule has 1 atom stereocenters. The van der Waals surface area contributed by atoms with E-state index in [1.807, 2.05) is 41.9 Å². The molecule has 1 aliphatic heterocycles. The Bertz CT molecular complexity index is 1060. The molecule has 3 N–H and O–H groups in total. The average Bonchev–Trinajstić information content (AvgIpc) is 3.33. The summed E-state index contributed by atoms with van der Waals surface area (Å²) in [4.78, 5) is 44.6. The van der Waals surface area contributed by atoms with Gasteiger partial charge < -0.3 is 25.2 Å². The van der Waals surface area contributed by atoms with Crippen molar-refractivity contribution in [3.63, 3.8) is 0 Å². The number of likely N-dealkylation sites (tertiary alicyclic amines) is 1. The number of nitrogens with one attached hydrogen (secondary N) is 2. The van der Waals surface area contributed by atoms with Crippen molar-refractivity contribution in [2.75, 3.05) is 19.6 Å². The molecule has 2 aliphatic rings. The second kappa shape index (κ2) is 12.3. The molecular weight excluding hydrogens is 470 g/mol. The number of aryl methyl sites for hydroxylation is 1. The lowest BCUT2D eigenvalue weighted by atomic mass is 9.64. The zero-order valence-electron chi connectivity index (χ0n) is 21.7. The Labute approximate surface area is 218 Å². The maximum absolute atomic E-state index is 13.6. The van der Waals surface area contributed by atoms with Crippen LogP contribution in [0.1, 0.15) is 56.2 Å². The van der Waals surface area contributed by atoms with E-state index >= 15 is 0 Å². The Morgan fingerprint density at radius 3 is 2.43 bits per heavy atom. The zero-order valence-corrected chi connectivity index (χ0v) is 21.7. The van der Waals surface area contributed by atoms with E-state index in [0.29, 0.717) is 45.3 Å². The number of aromatic nitrogens is 2. The van der Waals surface area contributed by atoms with Gasteiger partial charge in [0.15, 0.2) is 0 Å². The van der Waals surface area contributed by atoms with Crippen molar-refractivity contribution >= 4 is 17.9 Å². The number of urea groups is 1. The van der Waals surface area contributed by atoms with Gasteiger partial charge in [0, 0.05) is 51.4 Å². The second-order valence-corrected chi connectivity index (χ2v) is 10.5. The molecular formula is C28H39N5O4. The lowest BCUT2D eigenvalue weighted by Crippen LogP contribution is -2.56. The highest BCUT2D eigenvalue weighted by atomic mass is 16.4. The third-order valence-electron chi connectivity index (χ3n) is 8.25. The van der Waals surface area contributed by atoms with Crippen molar-refractivity contribution in [1.29, 1.82) is 0 Å². The van der Waals surface area contributed by atoms with Crippen LogP contribution in [0.4, 0.5) is 4.79 Å². The highest BCUT2D eigenvalue weighted by Crippen LogP contribution is 2.46. The average molecular weight is 510 g/mol. The van der Waals surface area contributed by atoms with E-state index in [4.69, 9.17) is 0 Å². The number of hydrogen-bond donors (Lipinski definition) is 3. The molecule has 200 valence electrons. The van der Waals surface area contributed by atoms with Crippen LogP contribution in [-0.4, -0.2) is 63.1 Å². The molecule has 4 rings (SSSR count). The molecule has 9 nitrogen and oxygen atoms in total. The van der Waals surface area contributed by atoms with Gasteiger partial charge in [-0.25, -0.2) is 9.78 Å². The molecule has 9 heteroatoms. The Morgan fingerprint density at radius 1 is 1.11 bits per heavy atom. The number of benzene rings is 1. The highest BCUT2D eigenvalue weighted by molar-refractivity contribution is 5.87. The van der Waals surface area contributed by atoms with Crippen LogP contribution in [0.2, 0.25) is 0 Å². The molecule has 1 saturated carbocycles. The largest absolute Gasteiger partial charge is 0.481 e. The van der Waals surface area contributed by atoms with E-state index in [1.165, 1.54) is 6.42 Å². The van der Waals surface area contributed by atoms with Crippen LogP contribution in [0.15, 0.2) is 42.9 Å². The number of carboxylic acids is 1. The van der Waals surface area contributed by atoms with Crippen LogP contribution in [0, 0.1) is 11.3 Å². The quantitative estimate of drug-likeness (QED) is 0.480. The molecule has 1 aromatic carbocycles. The van der Waals surface area contributed by atoms with Gasteiger partial charge in [0.05, 0.1) is 11.7 Å². The summed E-state index contributed by atoms with van der Waals surface area (Å²) >= 11 is 0. The number of nitrogens with zero attached hydrogens (tertiary/aromatic N) is 3. The summed E-state index contributed by atoms with van der Waals surface area (Å²) in [6.07, 6.45) is 10.7. The Kier molecular flexibility index (Phi) is 8.84. The summed E-state index contributed by atoms with van der Waals surface area (Å²) in [5.41, 5.74) is 1.21. The third kappa shape index (κ3) is 6.50. The molecule has 1 aromatic heterocycles. The van der Waals surface area contributed by atoms with Crippen LogP contribution >= 0.6 is 0 Å². The second-order valence-electron chi connectivity index (χ2n) is 10.5. The van der Waals surface area contributed by atoms with Crippen molar-refractivity contribution in [1.82, 2.24) is 25.1 Å². The lowest BCUT2D eigenvalue weighted by molar-refractivity contribution is -0.160. The van der Waals surface area contributed by atoms with E-state index in [-0.39, 0.29) is 11.8 Å². The number of hydrogen-bond acceptors (Lipinski definition) is 4. The summed E-state index contributed by atoms with van der Waals surface area (Å²) < 4.78 is 1.90. The van der Waals surface area contributed by atoms with E-state index in [2.05, 4.69) is 15.6 Å². The predicted molar refractivity (Wildman–Crippen MR) is 140 cm³/mol. The van der Waals surface area contributed by atoms with Gasteiger partial charge in [-0.1, -0.05) is 49.6 Å². The first-order chi connectivity index (χ1) is 17.9. The number of imidazole rings is 1. The Morgan fingerprint density at radius 2 is 1.81 bits per heavy atom. The maximum Gasteiger partial charge on any atom is 0.315 e. The van der Waals surface area contributed by atoms with Crippen molar-refractivity contribution in [2.45, 2.75) is 63.8 Å². The molecule has 0 bridgehead atoms. The van der Waals surface area contributed by atoms with Crippen molar-refractivity contribution in [3.05, 3.63) is 54.1 Å². The molecule has 2 heterocycles. The number of rotatable bonds is 9. The Hall–Kier alpha value is -3.36. The minimum absolute atomic E-state index is 0.159. The molecule has 37 heavy (non-hydrogen) atoms. The van der Waals surface area contributed by atoms with Gasteiger partial charge in [-0.3, -0.25) is 9.59 Å². The fourth-order valence-electron chi connectivity index (χ4n) is 5.99. The van der Waals surface area contributed by atoms with E-state index in [9.17, 15) is 19.5 Å². The molecule has 1 saturated heterocycles. The summed E-state index contributed by atoms with van der Waals surface area (Å²) in [7, 11) is 1.91. The third-order valence-corrected chi connectivity index (χ3v) is 8.25. The van der Waals surface area contributed by atoms with Crippen LogP contribution < -0.4 is 10.6 Å². The van der Waals surface area contributed by atoms with Gasteiger partial charge in [0.2, 0.25) is 5.91 Å². The van der Waals surface area contributed by atoms with Gasteiger partial charge in [-0.15, -0.1) is 0 Å². The number of carboxylic acid groups (broad SMARTS) is 1. The maximum atomic E-state index is 13.6. The number of carbonyl (C=O) groups excluding carboxylic acids is 2. The minimum Gasteiger partial charge on any atom is -0.481 e. The lowest BCUT2D eigenvalue weighted by Gasteiger charge is -2.45. The first kappa shape index (κ1) is 26.7. The number of piperidine rings is 1. The van der Waals surface area contributed by atoms with Gasteiger partial charge in [0.25, 0.3) is 0 Å². The molecule has 0 unspecified atom stereocenters. The van der Waals surface area contributed by atoms with Gasteiger partial charge >= 0.3 is 12.0 Å².